The van der Waals surface area contributed by atoms with Crippen molar-refractivity contribution in [3.8, 4) is 11.1 Å². The molecular weight excluding hydrogens is 376 g/mol. The van der Waals surface area contributed by atoms with Crippen molar-refractivity contribution in [1.82, 2.24) is 5.23 Å². The molecular formula is C22H20ClN2O3-. The Morgan fingerprint density at radius 3 is 2.39 bits per heavy atom. The predicted octanol–water partition coefficient (Wildman–Crippen LogP) is 5.64. The molecule has 6 heteroatoms. The quantitative estimate of drug-likeness (QED) is 0.415. The number of oxime groups is 1. The van der Waals surface area contributed by atoms with Crippen LogP contribution in [0, 0.1) is 5.21 Å². The molecule has 1 N–H and O–H groups in total. The molecule has 0 fully saturated rings. The van der Waals surface area contributed by atoms with Crippen LogP contribution in [0.25, 0.3) is 11.1 Å². The lowest BCUT2D eigenvalue weighted by Gasteiger charge is -2.19. The van der Waals surface area contributed by atoms with Crippen LogP contribution in [-0.4, -0.2) is 16.1 Å². The monoisotopic (exact) mass is 395 g/mol. The highest BCUT2D eigenvalue weighted by molar-refractivity contribution is 6.30. The van der Waals surface area contributed by atoms with Gasteiger partial charge in [0, 0.05) is 11.6 Å². The minimum absolute atomic E-state index is 0.0668. The molecule has 0 aliphatic rings. The zero-order valence-corrected chi connectivity index (χ0v) is 16.1. The van der Waals surface area contributed by atoms with E-state index >= 15 is 0 Å². The van der Waals surface area contributed by atoms with Crippen LogP contribution in [0.5, 0.6) is 0 Å². The number of hydroxylamine groups is 2. The Morgan fingerprint density at radius 2 is 1.71 bits per heavy atom. The average molecular weight is 396 g/mol. The van der Waals surface area contributed by atoms with Crippen LogP contribution in [0.1, 0.15) is 23.6 Å². The van der Waals surface area contributed by atoms with Gasteiger partial charge in [0.05, 0.1) is 5.71 Å². The van der Waals surface area contributed by atoms with Gasteiger partial charge in [-0.25, -0.2) is 0 Å². The molecule has 0 saturated carbocycles. The highest BCUT2D eigenvalue weighted by Gasteiger charge is 2.03. The number of benzene rings is 3. The molecule has 3 aromatic carbocycles. The first-order chi connectivity index (χ1) is 13.5. The van der Waals surface area contributed by atoms with Crippen molar-refractivity contribution < 1.29 is 10.0 Å². The van der Waals surface area contributed by atoms with Gasteiger partial charge in [-0.05, 0) is 52.9 Å². The molecule has 0 heterocycles. The van der Waals surface area contributed by atoms with Crippen molar-refractivity contribution in [3.63, 3.8) is 0 Å². The Balaban J connectivity index is 1.65. The zero-order chi connectivity index (χ0) is 19.9. The maximum atomic E-state index is 10.8. The van der Waals surface area contributed by atoms with E-state index < -0.39 is 0 Å². The minimum atomic E-state index is -0.0773. The molecule has 0 spiro atoms. The van der Waals surface area contributed by atoms with Gasteiger partial charge < -0.3 is 15.3 Å². The van der Waals surface area contributed by atoms with Crippen molar-refractivity contribution >= 4 is 17.3 Å². The van der Waals surface area contributed by atoms with Crippen LogP contribution >= 0.6 is 11.6 Å². The molecule has 0 radical (unpaired) electrons. The van der Waals surface area contributed by atoms with Gasteiger partial charge in [-0.15, -0.1) is 0 Å². The minimum Gasteiger partial charge on any atom is -0.762 e. The summed E-state index contributed by atoms with van der Waals surface area (Å²) in [7, 11) is 0. The van der Waals surface area contributed by atoms with Gasteiger partial charge in [0.15, 0.2) is 0 Å². The molecule has 0 amide bonds. The highest BCUT2D eigenvalue weighted by atomic mass is 35.5. The van der Waals surface area contributed by atoms with Gasteiger partial charge in [0.2, 0.25) is 0 Å². The third kappa shape index (κ3) is 5.65. The lowest BCUT2D eigenvalue weighted by Crippen LogP contribution is -2.09. The molecule has 0 unspecified atom stereocenters. The summed E-state index contributed by atoms with van der Waals surface area (Å²) in [6.45, 7) is 2.20. The molecule has 3 aromatic rings. The lowest BCUT2D eigenvalue weighted by molar-refractivity contribution is -0.0487. The number of hydrogen-bond acceptors (Lipinski definition) is 5. The first kappa shape index (κ1) is 20.0. The van der Waals surface area contributed by atoms with Gasteiger partial charge >= 0.3 is 0 Å². The predicted molar refractivity (Wildman–Crippen MR) is 111 cm³/mol. The summed E-state index contributed by atoms with van der Waals surface area (Å²) >= 11 is 5.87. The summed E-state index contributed by atoms with van der Waals surface area (Å²) in [5.74, 6) is 0. The van der Waals surface area contributed by atoms with E-state index in [-0.39, 0.29) is 11.8 Å². The number of rotatable bonds is 7. The van der Waals surface area contributed by atoms with Crippen LogP contribution in [0.2, 0.25) is 5.02 Å². The van der Waals surface area contributed by atoms with Crippen molar-refractivity contribution in [2.75, 3.05) is 0 Å². The molecule has 3 rings (SSSR count). The molecule has 0 aromatic heterocycles. The van der Waals surface area contributed by atoms with Crippen LogP contribution < -0.4 is 0 Å². The summed E-state index contributed by atoms with van der Waals surface area (Å²) < 4.78 is 0. The summed E-state index contributed by atoms with van der Waals surface area (Å²) in [4.78, 5) is 5.43. The Hall–Kier alpha value is -2.70. The SMILES string of the molecule is C/C(=N\OCc1ccc(Cl)cc1)c1ccc(-c2cccc(CN([O-])O)c2)cc1. The van der Waals surface area contributed by atoms with Gasteiger partial charge in [-0.1, -0.05) is 71.4 Å². The van der Waals surface area contributed by atoms with Crippen LogP contribution in [0.3, 0.4) is 0 Å². The largest absolute Gasteiger partial charge is 0.762 e. The van der Waals surface area contributed by atoms with Crippen molar-refractivity contribution in [2.45, 2.75) is 20.1 Å². The van der Waals surface area contributed by atoms with Crippen molar-refractivity contribution in [1.29, 1.82) is 0 Å². The second-order valence-corrected chi connectivity index (χ2v) is 6.80. The summed E-state index contributed by atoms with van der Waals surface area (Å²) in [6, 6.07) is 22.9. The number of halogens is 1. The lowest BCUT2D eigenvalue weighted by atomic mass is 10.0. The third-order valence-electron chi connectivity index (χ3n) is 4.23. The van der Waals surface area contributed by atoms with Crippen molar-refractivity contribution in [2.24, 2.45) is 5.16 Å². The van der Waals surface area contributed by atoms with Gasteiger partial charge in [0.25, 0.3) is 0 Å². The van der Waals surface area contributed by atoms with Crippen molar-refractivity contribution in [3.05, 3.63) is 99.7 Å². The summed E-state index contributed by atoms with van der Waals surface area (Å²) in [6.07, 6.45) is 0. The second kappa shape index (κ2) is 9.48. The van der Waals surface area contributed by atoms with E-state index in [0.717, 1.165) is 33.5 Å². The fourth-order valence-corrected chi connectivity index (χ4v) is 2.87. The molecule has 0 saturated heterocycles. The Labute approximate surface area is 169 Å². The maximum absolute atomic E-state index is 10.8. The zero-order valence-electron chi connectivity index (χ0n) is 15.4. The fourth-order valence-electron chi connectivity index (χ4n) is 2.75. The normalized spacial score (nSPS) is 11.7. The van der Waals surface area contributed by atoms with E-state index in [1.54, 1.807) is 6.07 Å². The van der Waals surface area contributed by atoms with Crippen LogP contribution in [0.15, 0.2) is 78.0 Å². The smallest absolute Gasteiger partial charge is 0.142 e. The Kier molecular flexibility index (Phi) is 6.79. The maximum Gasteiger partial charge on any atom is 0.142 e. The molecule has 0 aliphatic heterocycles. The van der Waals surface area contributed by atoms with E-state index in [0.29, 0.717) is 11.6 Å². The molecule has 144 valence electrons. The fraction of sp³-hybridized carbons (Fsp3) is 0.136. The summed E-state index contributed by atoms with van der Waals surface area (Å²) in [5, 5.41) is 24.5. The van der Waals surface area contributed by atoms with Gasteiger partial charge in [-0.3, -0.25) is 5.23 Å². The number of nitrogens with zero attached hydrogens (tertiary/aromatic N) is 2. The second-order valence-electron chi connectivity index (χ2n) is 6.36. The van der Waals surface area contributed by atoms with Crippen LogP contribution in [-0.2, 0) is 18.0 Å². The molecule has 0 atom stereocenters. The van der Waals surface area contributed by atoms with Crippen LogP contribution in [0.4, 0.5) is 0 Å². The van der Waals surface area contributed by atoms with E-state index in [9.17, 15) is 5.21 Å². The number of hydrogen-bond donors (Lipinski definition) is 1. The molecule has 5 nitrogen and oxygen atoms in total. The third-order valence-corrected chi connectivity index (χ3v) is 4.48. The molecule has 0 aliphatic carbocycles. The van der Waals surface area contributed by atoms with E-state index in [1.807, 2.05) is 73.7 Å². The van der Waals surface area contributed by atoms with Gasteiger partial charge in [-0.2, -0.15) is 0 Å². The summed E-state index contributed by atoms with van der Waals surface area (Å²) in [5.41, 5.74) is 5.45. The van der Waals surface area contributed by atoms with E-state index in [4.69, 9.17) is 21.6 Å². The van der Waals surface area contributed by atoms with E-state index in [1.165, 1.54) is 0 Å². The Morgan fingerprint density at radius 1 is 1.00 bits per heavy atom. The van der Waals surface area contributed by atoms with E-state index in [2.05, 4.69) is 5.16 Å². The molecule has 28 heavy (non-hydrogen) atoms. The first-order valence-corrected chi connectivity index (χ1v) is 9.13. The standard InChI is InChI=1S/C22H20ClN2O3/c1-16(24-28-15-17-5-11-22(23)12-6-17)19-7-9-20(10-8-19)21-4-2-3-18(13-21)14-25(26)27/h2-13,26H,14-15H2,1H3/q-1/b24-16+. The topological polar surface area (TPSA) is 68.1 Å². The molecule has 0 bridgehead atoms. The van der Waals surface area contributed by atoms with Gasteiger partial charge in [0.1, 0.15) is 6.61 Å². The Bertz CT molecular complexity index is 939. The first-order valence-electron chi connectivity index (χ1n) is 8.75. The average Bonchev–Trinajstić information content (AvgIpc) is 2.69. The highest BCUT2D eigenvalue weighted by Crippen LogP contribution is 2.22.